The third-order valence-electron chi connectivity index (χ3n) is 3.52. The van der Waals surface area contributed by atoms with Crippen molar-refractivity contribution in [1.82, 2.24) is 102 Å². The average molecular weight is 747 g/mol. The van der Waals surface area contributed by atoms with E-state index < -0.39 is 0 Å². The zero-order chi connectivity index (χ0) is 32.4. The van der Waals surface area contributed by atoms with Crippen molar-refractivity contribution in [1.29, 1.82) is 0 Å². The molecule has 0 spiro atoms. The minimum Gasteiger partial charge on any atom is -1.00 e. The summed E-state index contributed by atoms with van der Waals surface area (Å²) in [5.74, 6) is 1.03. The Morgan fingerprint density at radius 3 is 1.00 bits per heavy atom. The summed E-state index contributed by atoms with van der Waals surface area (Å²) in [6, 6.07) is 0. The van der Waals surface area contributed by atoms with Crippen LogP contribution in [-0.2, 0) is 17.1 Å². The molecule has 0 saturated heterocycles. The van der Waals surface area contributed by atoms with Gasteiger partial charge in [0.2, 0.25) is 0 Å². The van der Waals surface area contributed by atoms with Crippen LogP contribution in [0.2, 0.25) is 0 Å². The van der Waals surface area contributed by atoms with E-state index in [-0.39, 0.29) is 65.2 Å². The topological polar surface area (TPSA) is 329 Å². The van der Waals surface area contributed by atoms with Crippen LogP contribution in [-0.4, -0.2) is 138 Å². The standard InChI is InChI=1S/2C6H2N10.4C2H7N.2ClH.Cu/c2*1-2-8-4(6-11-15-16-12-6)3(7-1)5-9-13-14-10-5;4*1-3-2;;;/h2*1-2H;4*3H,1-2H3;2*1H;/q2*-2;;;;;;;+2/p+2. The number of hydrogen-bond acceptors (Lipinski definition) is 16. The molecule has 24 nitrogen and oxygen atoms in total. The van der Waals surface area contributed by atoms with Crippen molar-refractivity contribution in [2.75, 3.05) is 56.4 Å². The fraction of sp³-hybridized carbons (Fsp3) is 0.400. The van der Waals surface area contributed by atoms with Gasteiger partial charge in [0.25, 0.3) is 0 Å². The molecule has 6 rings (SSSR count). The average Bonchev–Trinajstić information content (AvgIpc) is 3.87. The van der Waals surface area contributed by atoms with Crippen molar-refractivity contribution in [3.05, 3.63) is 24.8 Å². The summed E-state index contributed by atoms with van der Waals surface area (Å²) < 4.78 is 0. The maximum absolute atomic E-state index is 4.07. The van der Waals surface area contributed by atoms with Gasteiger partial charge < -0.3 is 66.5 Å². The minimum absolute atomic E-state index is 0. The molecule has 0 unspecified atom stereocenters. The van der Waals surface area contributed by atoms with E-state index in [2.05, 4.69) is 102 Å². The fourth-order valence-electron chi connectivity index (χ4n) is 2.29. The molecular formula is C20H36Cl2CuN24. The molecule has 0 aliphatic heterocycles. The summed E-state index contributed by atoms with van der Waals surface area (Å²) in [4.78, 5) is 16.3. The van der Waals surface area contributed by atoms with Crippen molar-refractivity contribution in [3.63, 3.8) is 0 Å². The predicted octanol–water partition coefficient (Wildman–Crippen LogP) is -14.6. The molecule has 6 aromatic heterocycles. The monoisotopic (exact) mass is 745 g/mol. The van der Waals surface area contributed by atoms with Gasteiger partial charge in [-0.3, -0.25) is 61.3 Å². The number of hydrogen-bond donors (Lipinski definition) is 4. The molecule has 47 heavy (non-hydrogen) atoms. The van der Waals surface area contributed by atoms with Crippen molar-refractivity contribution < 1.29 is 63.1 Å². The van der Waals surface area contributed by atoms with Gasteiger partial charge in [-0.2, -0.15) is 15.6 Å². The molecule has 0 fully saturated rings. The molecule has 6 heterocycles. The fourth-order valence-corrected chi connectivity index (χ4v) is 2.29. The zero-order valence-electron chi connectivity index (χ0n) is 26.6. The summed E-state index contributed by atoms with van der Waals surface area (Å²) >= 11 is 0. The van der Waals surface area contributed by atoms with E-state index in [1.165, 1.54) is 24.8 Å². The number of halogens is 2. The van der Waals surface area contributed by atoms with Gasteiger partial charge in [0.05, 0.1) is 79.7 Å². The maximum Gasteiger partial charge on any atom is 2.00 e. The van der Waals surface area contributed by atoms with Crippen LogP contribution >= 0.6 is 0 Å². The Hall–Kier alpha value is -4.62. The van der Waals surface area contributed by atoms with E-state index in [9.17, 15) is 0 Å². The summed E-state index contributed by atoms with van der Waals surface area (Å²) in [6.07, 6.45) is 6.00. The minimum atomic E-state index is 0. The van der Waals surface area contributed by atoms with Gasteiger partial charge in [-0.1, -0.05) is 0 Å². The first-order valence-electron chi connectivity index (χ1n) is 12.9. The Kier molecular flexibility index (Phi) is 29.9. The second-order valence-corrected chi connectivity index (χ2v) is 7.63. The Bertz CT molecular complexity index is 1230. The van der Waals surface area contributed by atoms with Crippen LogP contribution in [0, 0.1) is 0 Å². The normalized spacial score (nSPS) is 8.68. The maximum atomic E-state index is 4.07. The number of aromatic nitrogens is 20. The van der Waals surface area contributed by atoms with Gasteiger partial charge >= 0.3 is 17.1 Å². The summed E-state index contributed by atoms with van der Waals surface area (Å²) in [5.41, 5.74) is 1.56. The van der Waals surface area contributed by atoms with E-state index in [1.54, 1.807) is 0 Å². The first-order valence-corrected chi connectivity index (χ1v) is 12.9. The van der Waals surface area contributed by atoms with E-state index >= 15 is 0 Å². The van der Waals surface area contributed by atoms with Crippen molar-refractivity contribution in [3.8, 4) is 46.1 Å². The molecule has 1 radical (unpaired) electrons. The largest absolute Gasteiger partial charge is 2.00 e. The van der Waals surface area contributed by atoms with E-state index in [0.29, 0.717) is 22.8 Å². The zero-order valence-corrected chi connectivity index (χ0v) is 29.1. The molecule has 261 valence electrons. The molecule has 27 heteroatoms. The molecule has 0 atom stereocenters. The van der Waals surface area contributed by atoms with Gasteiger partial charge in [0.1, 0.15) is 22.8 Å². The van der Waals surface area contributed by atoms with Gasteiger partial charge in [0, 0.05) is 24.8 Å². The van der Waals surface area contributed by atoms with Crippen LogP contribution in [0.15, 0.2) is 24.8 Å². The van der Waals surface area contributed by atoms with Crippen LogP contribution in [0.3, 0.4) is 0 Å². The van der Waals surface area contributed by atoms with Crippen LogP contribution < -0.4 is 66.6 Å². The summed E-state index contributed by atoms with van der Waals surface area (Å²) in [5, 5.41) is 64.4. The Labute approximate surface area is 292 Å². The number of nitrogens with zero attached hydrogens (tertiary/aromatic N) is 20. The quantitative estimate of drug-likeness (QED) is 0.122. The molecule has 0 aliphatic rings. The molecule has 0 aliphatic carbocycles. The van der Waals surface area contributed by atoms with Gasteiger partial charge in [-0.25, -0.2) is 5.10 Å². The SMILES string of the molecule is C[NH2+]C.C[NH2+]C.C[NH2+]C.C[NH2+]C.[Cl-].[Cl-].[Cu+2].c1cnc(-c2nnn[n-]2)c(-c2nn[n-]n2)n1.c1cnc(-c2nnn[n-]2)c(-c2nnn[n-]2)n1. The van der Waals surface area contributed by atoms with Gasteiger partial charge in [-0.15, -0.1) is 0 Å². The van der Waals surface area contributed by atoms with Crippen LogP contribution in [0.5, 0.6) is 0 Å². The third kappa shape index (κ3) is 17.0. The molecule has 0 bridgehead atoms. The molecule has 6 aromatic rings. The molecule has 0 aromatic carbocycles. The Balaban J connectivity index is -0.000000591. The first-order chi connectivity index (χ1) is 21.6. The first kappa shape index (κ1) is 46.8. The van der Waals surface area contributed by atoms with Gasteiger partial charge in [0.15, 0.2) is 0 Å². The third-order valence-corrected chi connectivity index (χ3v) is 3.52. The smallest absolute Gasteiger partial charge is 1.00 e. The predicted molar refractivity (Wildman–Crippen MR) is 148 cm³/mol. The van der Waals surface area contributed by atoms with Crippen LogP contribution in [0.1, 0.15) is 0 Å². The number of tetrazole rings is 4. The van der Waals surface area contributed by atoms with Gasteiger partial charge in [-0.05, 0) is 0 Å². The summed E-state index contributed by atoms with van der Waals surface area (Å²) in [7, 11) is 16.0. The Morgan fingerprint density at radius 2 is 0.745 bits per heavy atom. The molecule has 0 amide bonds. The Morgan fingerprint density at radius 1 is 0.447 bits per heavy atom. The van der Waals surface area contributed by atoms with Crippen molar-refractivity contribution in [2.24, 2.45) is 0 Å². The second kappa shape index (κ2) is 30.1. The molecular weight excluding hydrogens is 711 g/mol. The number of nitrogens with two attached hydrogens (primary N) is 4. The number of rotatable bonds is 4. The van der Waals surface area contributed by atoms with E-state index in [1.807, 2.05) is 77.6 Å². The van der Waals surface area contributed by atoms with Crippen LogP contribution in [0.4, 0.5) is 0 Å². The summed E-state index contributed by atoms with van der Waals surface area (Å²) in [6.45, 7) is 0. The number of quaternary nitrogens is 4. The van der Waals surface area contributed by atoms with Crippen molar-refractivity contribution in [2.45, 2.75) is 0 Å². The second-order valence-electron chi connectivity index (χ2n) is 7.63. The van der Waals surface area contributed by atoms with Crippen molar-refractivity contribution >= 4 is 0 Å². The molecule has 8 N–H and O–H groups in total. The molecule has 0 saturated carbocycles. The van der Waals surface area contributed by atoms with E-state index in [4.69, 9.17) is 0 Å². The van der Waals surface area contributed by atoms with E-state index in [0.717, 1.165) is 0 Å². The van der Waals surface area contributed by atoms with Crippen LogP contribution in [0.25, 0.3) is 46.1 Å².